The predicted molar refractivity (Wildman–Crippen MR) is 72.6 cm³/mol. The first kappa shape index (κ1) is 10.8. The first-order valence-corrected chi connectivity index (χ1v) is 7.03. The van der Waals surface area contributed by atoms with E-state index in [1.54, 1.807) is 11.1 Å². The predicted octanol–water partition coefficient (Wildman–Crippen LogP) is 3.50. The molecule has 0 amide bonds. The Morgan fingerprint density at radius 1 is 1.33 bits per heavy atom. The molecule has 4 rings (SSSR count). The molecule has 0 heterocycles. The summed E-state index contributed by atoms with van der Waals surface area (Å²) in [6.45, 7) is 6.38. The Morgan fingerprint density at radius 2 is 2.17 bits per heavy atom. The highest BCUT2D eigenvalue weighted by Crippen LogP contribution is 2.66. The standard InChI is InChI=1S/C17H20O/c1-11-4-3-5-13-14(11)9-16-8-12(2)17(18,10-16)7-6-15(13)16/h3-5,15,18H,2,6-10H2,1H3. The largest absolute Gasteiger partial charge is 0.386 e. The fourth-order valence-corrected chi connectivity index (χ4v) is 4.94. The van der Waals surface area contributed by atoms with Gasteiger partial charge in [-0.1, -0.05) is 24.8 Å². The van der Waals surface area contributed by atoms with E-state index in [9.17, 15) is 5.11 Å². The molecule has 94 valence electrons. The molecule has 1 spiro atoms. The highest BCUT2D eigenvalue weighted by atomic mass is 16.3. The maximum atomic E-state index is 10.7. The molecule has 3 aliphatic carbocycles. The topological polar surface area (TPSA) is 20.2 Å². The van der Waals surface area contributed by atoms with Crippen molar-refractivity contribution in [2.24, 2.45) is 5.41 Å². The van der Waals surface area contributed by atoms with E-state index >= 15 is 0 Å². The second-order valence-corrected chi connectivity index (χ2v) is 6.76. The van der Waals surface area contributed by atoms with Gasteiger partial charge in [-0.3, -0.25) is 0 Å². The lowest BCUT2D eigenvalue weighted by molar-refractivity contribution is 0.0154. The summed E-state index contributed by atoms with van der Waals surface area (Å²) >= 11 is 0. The fraction of sp³-hybridized carbons (Fsp3) is 0.529. The maximum absolute atomic E-state index is 10.7. The average molecular weight is 240 g/mol. The van der Waals surface area contributed by atoms with Gasteiger partial charge in [-0.2, -0.15) is 0 Å². The fourth-order valence-electron chi connectivity index (χ4n) is 4.94. The van der Waals surface area contributed by atoms with Crippen molar-refractivity contribution in [1.29, 1.82) is 0 Å². The van der Waals surface area contributed by atoms with Crippen molar-refractivity contribution in [3.8, 4) is 0 Å². The molecular formula is C17H20O. The molecule has 2 fully saturated rings. The van der Waals surface area contributed by atoms with Crippen molar-refractivity contribution in [2.45, 2.75) is 50.5 Å². The summed E-state index contributed by atoms with van der Waals surface area (Å²) < 4.78 is 0. The summed E-state index contributed by atoms with van der Waals surface area (Å²) in [7, 11) is 0. The second kappa shape index (κ2) is 3.08. The van der Waals surface area contributed by atoms with E-state index in [1.165, 1.54) is 5.56 Å². The van der Waals surface area contributed by atoms with Crippen LogP contribution in [0.4, 0.5) is 0 Å². The average Bonchev–Trinajstić information content (AvgIpc) is 2.72. The Balaban J connectivity index is 1.87. The molecule has 0 aromatic heterocycles. The first-order valence-electron chi connectivity index (χ1n) is 7.03. The number of hydrogen-bond acceptors (Lipinski definition) is 1. The lowest BCUT2D eigenvalue weighted by atomic mass is 9.67. The van der Waals surface area contributed by atoms with Crippen LogP contribution in [0.1, 0.15) is 48.3 Å². The van der Waals surface area contributed by atoms with E-state index in [0.717, 1.165) is 37.7 Å². The number of benzene rings is 1. The molecule has 18 heavy (non-hydrogen) atoms. The van der Waals surface area contributed by atoms with Gasteiger partial charge in [0.1, 0.15) is 0 Å². The van der Waals surface area contributed by atoms with Crippen LogP contribution < -0.4 is 0 Å². The van der Waals surface area contributed by atoms with Crippen LogP contribution in [0.5, 0.6) is 0 Å². The van der Waals surface area contributed by atoms with Crippen LogP contribution in [0.2, 0.25) is 0 Å². The van der Waals surface area contributed by atoms with Crippen LogP contribution in [0.3, 0.4) is 0 Å². The summed E-state index contributed by atoms with van der Waals surface area (Å²) in [4.78, 5) is 0. The van der Waals surface area contributed by atoms with Crippen molar-refractivity contribution in [2.75, 3.05) is 0 Å². The highest BCUT2D eigenvalue weighted by Gasteiger charge is 2.59. The van der Waals surface area contributed by atoms with Crippen LogP contribution >= 0.6 is 0 Å². The SMILES string of the molecule is C=C1CC23Cc4c(C)cccc4C2CCC1(O)C3. The quantitative estimate of drug-likeness (QED) is 0.688. The van der Waals surface area contributed by atoms with Gasteiger partial charge in [0.25, 0.3) is 0 Å². The van der Waals surface area contributed by atoms with Crippen LogP contribution in [0.25, 0.3) is 0 Å². The van der Waals surface area contributed by atoms with Crippen molar-refractivity contribution < 1.29 is 5.11 Å². The molecule has 1 aromatic rings. The van der Waals surface area contributed by atoms with Gasteiger partial charge in [0.05, 0.1) is 5.60 Å². The van der Waals surface area contributed by atoms with Crippen molar-refractivity contribution in [3.05, 3.63) is 47.0 Å². The number of aliphatic hydroxyl groups is 1. The molecule has 0 saturated heterocycles. The monoisotopic (exact) mass is 240 g/mol. The minimum atomic E-state index is -0.549. The highest BCUT2D eigenvalue weighted by molar-refractivity contribution is 5.47. The maximum Gasteiger partial charge on any atom is 0.0860 e. The smallest absolute Gasteiger partial charge is 0.0860 e. The van der Waals surface area contributed by atoms with Gasteiger partial charge in [0.2, 0.25) is 0 Å². The Bertz CT molecular complexity index is 559. The minimum Gasteiger partial charge on any atom is -0.386 e. The third-order valence-electron chi connectivity index (χ3n) is 5.80. The van der Waals surface area contributed by atoms with E-state index in [0.29, 0.717) is 11.3 Å². The van der Waals surface area contributed by atoms with Crippen LogP contribution in [-0.2, 0) is 6.42 Å². The van der Waals surface area contributed by atoms with E-state index in [4.69, 9.17) is 0 Å². The summed E-state index contributed by atoms with van der Waals surface area (Å²) in [6, 6.07) is 6.73. The number of rotatable bonds is 0. The second-order valence-electron chi connectivity index (χ2n) is 6.76. The molecule has 2 saturated carbocycles. The third kappa shape index (κ3) is 1.11. The zero-order valence-corrected chi connectivity index (χ0v) is 11.0. The molecular weight excluding hydrogens is 220 g/mol. The van der Waals surface area contributed by atoms with Crippen molar-refractivity contribution in [3.63, 3.8) is 0 Å². The van der Waals surface area contributed by atoms with Crippen molar-refractivity contribution in [1.82, 2.24) is 0 Å². The number of aryl methyl sites for hydroxylation is 1. The zero-order chi connectivity index (χ0) is 12.5. The van der Waals surface area contributed by atoms with Gasteiger partial charge in [0.15, 0.2) is 0 Å². The van der Waals surface area contributed by atoms with Gasteiger partial charge in [0, 0.05) is 0 Å². The lowest BCUT2D eigenvalue weighted by Gasteiger charge is -2.39. The van der Waals surface area contributed by atoms with Crippen LogP contribution in [-0.4, -0.2) is 10.7 Å². The molecule has 1 N–H and O–H groups in total. The first-order chi connectivity index (χ1) is 8.54. The Morgan fingerprint density at radius 3 is 3.00 bits per heavy atom. The molecule has 2 bridgehead atoms. The van der Waals surface area contributed by atoms with Gasteiger partial charge in [-0.05, 0) is 72.6 Å². The van der Waals surface area contributed by atoms with E-state index in [-0.39, 0.29) is 0 Å². The van der Waals surface area contributed by atoms with Crippen molar-refractivity contribution >= 4 is 0 Å². The lowest BCUT2D eigenvalue weighted by Crippen LogP contribution is -2.36. The third-order valence-corrected chi connectivity index (χ3v) is 5.80. The molecule has 3 aliphatic rings. The normalized spacial score (nSPS) is 40.8. The molecule has 0 radical (unpaired) electrons. The van der Waals surface area contributed by atoms with E-state index in [1.807, 2.05) is 0 Å². The summed E-state index contributed by atoms with van der Waals surface area (Å²) in [5.74, 6) is 0.659. The van der Waals surface area contributed by atoms with Gasteiger partial charge in [-0.15, -0.1) is 0 Å². The zero-order valence-electron chi connectivity index (χ0n) is 11.0. The summed E-state index contributed by atoms with van der Waals surface area (Å²) in [6.07, 6.45) is 5.17. The number of fused-ring (bicyclic) bond motifs is 3. The molecule has 3 unspecified atom stereocenters. The van der Waals surface area contributed by atoms with E-state index < -0.39 is 5.60 Å². The summed E-state index contributed by atoms with van der Waals surface area (Å²) in [5, 5.41) is 10.7. The molecule has 1 aromatic carbocycles. The van der Waals surface area contributed by atoms with Crippen LogP contribution in [0.15, 0.2) is 30.4 Å². The Kier molecular flexibility index (Phi) is 1.85. The molecule has 0 aliphatic heterocycles. The minimum absolute atomic E-state index is 0.290. The molecule has 3 atom stereocenters. The molecule has 1 heteroatoms. The van der Waals surface area contributed by atoms with E-state index in [2.05, 4.69) is 31.7 Å². The Hall–Kier alpha value is -1.08. The van der Waals surface area contributed by atoms with Gasteiger partial charge < -0.3 is 5.11 Å². The molecule has 1 nitrogen and oxygen atoms in total. The Labute approximate surface area is 109 Å². The van der Waals surface area contributed by atoms with Gasteiger partial charge >= 0.3 is 0 Å². The van der Waals surface area contributed by atoms with Gasteiger partial charge in [-0.25, -0.2) is 0 Å². The number of hydrogen-bond donors (Lipinski definition) is 1. The summed E-state index contributed by atoms with van der Waals surface area (Å²) in [5.41, 5.74) is 5.38. The van der Waals surface area contributed by atoms with Crippen LogP contribution in [0, 0.1) is 12.3 Å².